The van der Waals surface area contributed by atoms with Crippen molar-refractivity contribution >= 4 is 0 Å². The van der Waals surface area contributed by atoms with Gasteiger partial charge in [0.25, 0.3) is 0 Å². The van der Waals surface area contributed by atoms with E-state index >= 15 is 0 Å². The van der Waals surface area contributed by atoms with Gasteiger partial charge in [-0.1, -0.05) is 27.7 Å². The average molecular weight is 225 g/mol. The Bertz CT molecular complexity index is 257. The molecule has 2 nitrogen and oxygen atoms in total. The van der Waals surface area contributed by atoms with Crippen LogP contribution in [0.5, 0.6) is 0 Å². The van der Waals surface area contributed by atoms with E-state index in [2.05, 4.69) is 39.9 Å². The lowest BCUT2D eigenvalue weighted by molar-refractivity contribution is -0.120. The summed E-state index contributed by atoms with van der Waals surface area (Å²) < 4.78 is 5.84. The minimum atomic E-state index is 0.301. The van der Waals surface area contributed by atoms with E-state index in [0.29, 0.717) is 23.1 Å². The van der Waals surface area contributed by atoms with E-state index in [1.54, 1.807) is 0 Å². The summed E-state index contributed by atoms with van der Waals surface area (Å²) in [7, 11) is 0. The Hall–Kier alpha value is -0.0800. The molecule has 0 spiro atoms. The second-order valence-corrected chi connectivity index (χ2v) is 6.46. The van der Waals surface area contributed by atoms with E-state index in [9.17, 15) is 0 Å². The summed E-state index contributed by atoms with van der Waals surface area (Å²) in [5.74, 6) is 0.757. The monoisotopic (exact) mass is 225 g/mol. The van der Waals surface area contributed by atoms with Crippen LogP contribution in [0.3, 0.4) is 0 Å². The molecule has 1 N–H and O–H groups in total. The van der Waals surface area contributed by atoms with Gasteiger partial charge < -0.3 is 10.1 Å². The summed E-state index contributed by atoms with van der Waals surface area (Å²) in [6, 6.07) is 0.643. The fraction of sp³-hybridized carbons (Fsp3) is 1.00. The molecule has 2 aliphatic rings. The van der Waals surface area contributed by atoms with Crippen molar-refractivity contribution in [1.29, 1.82) is 0 Å². The second-order valence-electron chi connectivity index (χ2n) is 6.46. The standard InChI is InChI=1S/C14H27NO/c1-6-14(5,7-2)15-11-10-8-9-16-12(10)13(11,3)4/h10-12,15H,6-9H2,1-5H3. The zero-order chi connectivity index (χ0) is 12.0. The summed E-state index contributed by atoms with van der Waals surface area (Å²) in [6.07, 6.45) is 4.15. The zero-order valence-electron chi connectivity index (χ0n) is 11.5. The summed E-state index contributed by atoms with van der Waals surface area (Å²) in [6.45, 7) is 12.6. The van der Waals surface area contributed by atoms with Crippen LogP contribution in [-0.2, 0) is 4.74 Å². The van der Waals surface area contributed by atoms with Gasteiger partial charge in [0, 0.05) is 29.5 Å². The molecule has 1 saturated carbocycles. The number of fused-ring (bicyclic) bond motifs is 1. The van der Waals surface area contributed by atoms with Crippen molar-refractivity contribution in [2.24, 2.45) is 11.3 Å². The Morgan fingerprint density at radius 2 is 1.94 bits per heavy atom. The Morgan fingerprint density at radius 1 is 1.31 bits per heavy atom. The fourth-order valence-corrected chi connectivity index (χ4v) is 3.45. The normalized spacial score (nSPS) is 36.9. The van der Waals surface area contributed by atoms with Crippen molar-refractivity contribution in [3.63, 3.8) is 0 Å². The predicted octanol–water partition coefficient (Wildman–Crippen LogP) is 2.97. The van der Waals surface area contributed by atoms with Crippen LogP contribution in [0.1, 0.15) is 53.9 Å². The number of ether oxygens (including phenoxy) is 1. The number of nitrogens with one attached hydrogen (secondary N) is 1. The second kappa shape index (κ2) is 3.99. The first-order chi connectivity index (χ1) is 7.44. The van der Waals surface area contributed by atoms with Gasteiger partial charge in [0.05, 0.1) is 6.10 Å². The van der Waals surface area contributed by atoms with Crippen molar-refractivity contribution in [3.05, 3.63) is 0 Å². The van der Waals surface area contributed by atoms with Crippen LogP contribution in [0.25, 0.3) is 0 Å². The molecule has 0 bridgehead atoms. The molecule has 0 aromatic heterocycles. The highest BCUT2D eigenvalue weighted by molar-refractivity contribution is 5.12. The van der Waals surface area contributed by atoms with Gasteiger partial charge in [-0.05, 0) is 26.2 Å². The molecule has 1 aliphatic carbocycles. The van der Waals surface area contributed by atoms with E-state index in [4.69, 9.17) is 4.74 Å². The molecule has 1 saturated heterocycles. The van der Waals surface area contributed by atoms with Gasteiger partial charge >= 0.3 is 0 Å². The van der Waals surface area contributed by atoms with Crippen molar-refractivity contribution in [2.75, 3.05) is 6.61 Å². The first-order valence-electron chi connectivity index (χ1n) is 6.84. The summed E-state index contributed by atoms with van der Waals surface area (Å²) in [5.41, 5.74) is 0.613. The molecule has 1 heterocycles. The molecule has 2 heteroatoms. The van der Waals surface area contributed by atoms with Crippen LogP contribution in [0.4, 0.5) is 0 Å². The molecule has 3 atom stereocenters. The molecular weight excluding hydrogens is 198 g/mol. The zero-order valence-corrected chi connectivity index (χ0v) is 11.5. The molecule has 1 aliphatic heterocycles. The third-order valence-electron chi connectivity index (χ3n) is 5.17. The van der Waals surface area contributed by atoms with E-state index in [1.165, 1.54) is 19.3 Å². The van der Waals surface area contributed by atoms with Gasteiger partial charge in [-0.2, -0.15) is 0 Å². The summed E-state index contributed by atoms with van der Waals surface area (Å²) in [5, 5.41) is 3.91. The minimum Gasteiger partial charge on any atom is -0.377 e. The Labute approximate surface area is 100 Å². The van der Waals surface area contributed by atoms with E-state index in [1.807, 2.05) is 0 Å². The van der Waals surface area contributed by atoms with Crippen molar-refractivity contribution in [2.45, 2.75) is 71.6 Å². The predicted molar refractivity (Wildman–Crippen MR) is 67.5 cm³/mol. The molecule has 3 unspecified atom stereocenters. The van der Waals surface area contributed by atoms with Crippen molar-refractivity contribution < 1.29 is 4.74 Å². The van der Waals surface area contributed by atoms with Gasteiger partial charge in [-0.3, -0.25) is 0 Å². The van der Waals surface area contributed by atoms with Crippen LogP contribution >= 0.6 is 0 Å². The van der Waals surface area contributed by atoms with Crippen molar-refractivity contribution in [3.8, 4) is 0 Å². The maximum atomic E-state index is 5.84. The first kappa shape index (κ1) is 12.4. The lowest BCUT2D eigenvalue weighted by Crippen LogP contribution is -2.69. The van der Waals surface area contributed by atoms with Gasteiger partial charge in [-0.25, -0.2) is 0 Å². The van der Waals surface area contributed by atoms with Gasteiger partial charge in [0.1, 0.15) is 0 Å². The van der Waals surface area contributed by atoms with Crippen LogP contribution in [-0.4, -0.2) is 24.3 Å². The molecule has 0 aromatic rings. The number of rotatable bonds is 4. The van der Waals surface area contributed by atoms with Crippen LogP contribution < -0.4 is 5.32 Å². The Balaban J connectivity index is 2.05. The SMILES string of the molecule is CCC(C)(CC)NC1C2CCOC2C1(C)C. The third kappa shape index (κ3) is 1.70. The van der Waals surface area contributed by atoms with Crippen LogP contribution in [0.2, 0.25) is 0 Å². The van der Waals surface area contributed by atoms with E-state index in [0.717, 1.165) is 12.5 Å². The molecule has 2 rings (SSSR count). The summed E-state index contributed by atoms with van der Waals surface area (Å²) in [4.78, 5) is 0. The first-order valence-corrected chi connectivity index (χ1v) is 6.84. The Morgan fingerprint density at radius 3 is 2.50 bits per heavy atom. The summed E-state index contributed by atoms with van der Waals surface area (Å²) >= 11 is 0. The smallest absolute Gasteiger partial charge is 0.0685 e. The number of hydrogen-bond donors (Lipinski definition) is 1. The fourth-order valence-electron chi connectivity index (χ4n) is 3.45. The molecule has 94 valence electrons. The van der Waals surface area contributed by atoms with Crippen LogP contribution in [0.15, 0.2) is 0 Å². The number of hydrogen-bond acceptors (Lipinski definition) is 2. The lowest BCUT2D eigenvalue weighted by atomic mass is 9.57. The maximum absolute atomic E-state index is 5.84. The van der Waals surface area contributed by atoms with Crippen LogP contribution in [0, 0.1) is 11.3 Å². The average Bonchev–Trinajstić information content (AvgIpc) is 2.72. The lowest BCUT2D eigenvalue weighted by Gasteiger charge is -2.57. The quantitative estimate of drug-likeness (QED) is 0.794. The molecule has 0 amide bonds. The van der Waals surface area contributed by atoms with Gasteiger partial charge in [0.15, 0.2) is 0 Å². The molecule has 2 fully saturated rings. The van der Waals surface area contributed by atoms with E-state index < -0.39 is 0 Å². The van der Waals surface area contributed by atoms with Gasteiger partial charge in [0.2, 0.25) is 0 Å². The largest absolute Gasteiger partial charge is 0.377 e. The minimum absolute atomic E-state index is 0.301. The topological polar surface area (TPSA) is 21.3 Å². The highest BCUT2D eigenvalue weighted by atomic mass is 16.5. The third-order valence-corrected chi connectivity index (χ3v) is 5.17. The maximum Gasteiger partial charge on any atom is 0.0685 e. The molecular formula is C14H27NO. The highest BCUT2D eigenvalue weighted by Gasteiger charge is 2.59. The van der Waals surface area contributed by atoms with Gasteiger partial charge in [-0.15, -0.1) is 0 Å². The Kier molecular flexibility index (Phi) is 3.09. The molecule has 16 heavy (non-hydrogen) atoms. The highest BCUT2D eigenvalue weighted by Crippen LogP contribution is 2.52. The molecule has 0 radical (unpaired) electrons. The van der Waals surface area contributed by atoms with E-state index in [-0.39, 0.29) is 0 Å². The molecule has 0 aromatic carbocycles. The van der Waals surface area contributed by atoms with Crippen molar-refractivity contribution in [1.82, 2.24) is 5.32 Å².